The van der Waals surface area contributed by atoms with E-state index in [0.29, 0.717) is 70.7 Å². The Hall–Kier alpha value is -11.5. The fourth-order valence-corrected chi connectivity index (χ4v) is 14.7. The van der Waals surface area contributed by atoms with Gasteiger partial charge in [-0.15, -0.1) is 0 Å². The van der Waals surface area contributed by atoms with Crippen LogP contribution in [0.2, 0.25) is 0 Å². The molecule has 0 bridgehead atoms. The number of carboxylic acid groups (broad SMARTS) is 3. The van der Waals surface area contributed by atoms with Crippen molar-refractivity contribution in [3.05, 3.63) is 128 Å². The number of likely N-dealkylation sites (tertiary alicyclic amines) is 7. The summed E-state index contributed by atoms with van der Waals surface area (Å²) in [7, 11) is 6.42. The van der Waals surface area contributed by atoms with Gasteiger partial charge in [-0.1, -0.05) is 163 Å². The fourth-order valence-electron chi connectivity index (χ4n) is 13.9. The number of azide groups is 1. The minimum atomic E-state index is -1.14. The second kappa shape index (κ2) is 85.7. The average Bonchev–Trinajstić information content (AvgIpc) is 1.73. The Labute approximate surface area is 890 Å². The van der Waals surface area contributed by atoms with Crippen LogP contribution in [0.3, 0.4) is 0 Å². The Balaban J connectivity index is -0.000000294. The molecule has 8 aliphatic heterocycles. The van der Waals surface area contributed by atoms with Gasteiger partial charge in [0.15, 0.2) is 0 Å². The van der Waals surface area contributed by atoms with E-state index in [2.05, 4.69) is 122 Å². The predicted molar refractivity (Wildman–Crippen MR) is 516 cm³/mol. The minimum Gasteiger partial charge on any atom is -0.870 e. The molecule has 8 fully saturated rings. The van der Waals surface area contributed by atoms with E-state index in [1.54, 1.807) is 0 Å². The van der Waals surface area contributed by atoms with Crippen LogP contribution in [-0.4, -0.2) is 403 Å². The summed E-state index contributed by atoms with van der Waals surface area (Å²) in [6, 6.07) is -5.83. The van der Waals surface area contributed by atoms with Crippen molar-refractivity contribution in [1.82, 2.24) is 44.9 Å². The number of ketones is 1. The molecule has 7 amide bonds. The molecule has 8 saturated heterocycles. The Morgan fingerprint density at radius 3 is 0.966 bits per heavy atom. The molecule has 0 aromatic rings. The van der Waals surface area contributed by atoms with Crippen molar-refractivity contribution in [2.45, 2.75) is 203 Å². The summed E-state index contributed by atoms with van der Waals surface area (Å²) in [6.45, 7) is 40.7. The number of halogens is 2. The fraction of sp³-hybridized carbons (Fsp3) is 0.629. The number of Topliss-reactive ketones (excluding diaryl/α,β-unsaturated/α-hetero) is 1. The number of aliphatic carboxylic acids is 3. The first-order valence-corrected chi connectivity index (χ1v) is 45.1. The average molecular weight is 2160 g/mol. The van der Waals surface area contributed by atoms with Crippen molar-refractivity contribution in [3.63, 3.8) is 0 Å². The quantitative estimate of drug-likeness (QED) is 0.00569. The third kappa shape index (κ3) is 59.0. The van der Waals surface area contributed by atoms with Crippen molar-refractivity contribution < 1.29 is 228 Å². The number of carbonyl (C=O) groups excluding carboxylic acids is 14. The van der Waals surface area contributed by atoms with Crippen LogP contribution in [0.15, 0.2) is 106 Å². The summed E-state index contributed by atoms with van der Waals surface area (Å²) in [5.41, 5.74) is 21.1. The van der Waals surface area contributed by atoms with Crippen LogP contribution >= 0.6 is 27.5 Å². The number of nitrogens with zero attached hydrogens (tertiary/aromatic N) is 13. The predicted octanol–water partition coefficient (Wildman–Crippen LogP) is 2.96. The molecular formula is C89H141BrClLiN15NaO37. The van der Waals surface area contributed by atoms with Crippen molar-refractivity contribution >= 4 is 129 Å². The number of carbonyl (C=O) groups is 17. The Kier molecular flexibility index (Phi) is 86.5. The van der Waals surface area contributed by atoms with Crippen molar-refractivity contribution in [2.24, 2.45) is 17.0 Å². The number of methoxy groups -OCH3 is 5. The van der Waals surface area contributed by atoms with Gasteiger partial charge in [-0.05, 0) is 82.7 Å². The van der Waals surface area contributed by atoms with Gasteiger partial charge in [-0.25, -0.2) is 71.9 Å². The molecule has 4 unspecified atom stereocenters. The first-order chi connectivity index (χ1) is 66.9. The Bertz CT molecular complexity index is 4020. The molecule has 9 N–H and O–H groups in total. The van der Waals surface area contributed by atoms with E-state index in [0.717, 1.165) is 37.1 Å². The normalized spacial score (nSPS) is 21.7. The Morgan fingerprint density at radius 2 is 0.683 bits per heavy atom. The number of esters is 5. The zero-order valence-electron chi connectivity index (χ0n) is 83.5. The number of carboxylic acids is 3. The number of aliphatic hydroxyl groups is 3. The summed E-state index contributed by atoms with van der Waals surface area (Å²) in [5, 5.41) is 63.1. The van der Waals surface area contributed by atoms with Crippen LogP contribution in [0.1, 0.15) is 119 Å². The number of aliphatic hydroxyl groups excluding tert-OH is 3. The molecule has 16 atom stereocenters. The third-order valence-corrected chi connectivity index (χ3v) is 20.6. The number of hydrogen-bond donors (Lipinski definition) is 8. The number of nitrogens with one attached hydrogen (secondary N) is 2. The zero-order valence-corrected chi connectivity index (χ0v) is 87.8. The van der Waals surface area contributed by atoms with Crippen LogP contribution in [-0.2, 0) is 105 Å². The molecule has 56 heteroatoms. The van der Waals surface area contributed by atoms with E-state index in [4.69, 9.17) is 91.3 Å². The maximum atomic E-state index is 11.8. The molecule has 0 aromatic heterocycles. The summed E-state index contributed by atoms with van der Waals surface area (Å²) in [5.74, 6) is -4.51. The molecule has 810 valence electrons. The first-order valence-electron chi connectivity index (χ1n) is 43.8. The van der Waals surface area contributed by atoms with E-state index in [1.165, 1.54) is 132 Å². The monoisotopic (exact) mass is 2160 g/mol. The smallest absolute Gasteiger partial charge is 0.870 e. The van der Waals surface area contributed by atoms with E-state index >= 15 is 0 Å². The van der Waals surface area contributed by atoms with E-state index in [-0.39, 0.29) is 182 Å². The van der Waals surface area contributed by atoms with Gasteiger partial charge in [-0.3, -0.25) is 44.0 Å². The summed E-state index contributed by atoms with van der Waals surface area (Å²) in [4.78, 5) is 203. The van der Waals surface area contributed by atoms with Gasteiger partial charge >= 0.3 is 144 Å². The molecule has 0 spiro atoms. The van der Waals surface area contributed by atoms with Crippen molar-refractivity contribution in [3.8, 4) is 0 Å². The van der Waals surface area contributed by atoms with Crippen molar-refractivity contribution in [1.29, 1.82) is 0 Å². The SMILES string of the molecule is C.C=CCOC(=O)Cl.C=CCOC(=O)N1CC(Br)C[C@H]1C(=O)OC.C=CCOC(=O)N1CC(N=[N+]=[N-])C[C@H]1C(=O)OC.C=CCOC(=O)N1CC(NCC)C[C@H]1C(=O)OC.C=CCOC(=O)N1CC(O)C[C@H]1C(=O)OC.C=CCOC(=O)N1C[C@H](CCC)C[C@H]1C(=O)O.C=CCOC(=O)N1C[C@H](CCC)C[C@H]1C(=O)OC.C=CCOC(=O)N1C[C@H](O)C[C@H]1C(=O)O.CC(C)=O.O=C(O)[C@@H]1C[C@@H](O)CN1.[Li+].[N-]=[N+]=[N-].[Na+].[OH-]. The van der Waals surface area contributed by atoms with Gasteiger partial charge in [0, 0.05) is 85.9 Å². The van der Waals surface area contributed by atoms with E-state index in [9.17, 15) is 91.7 Å². The van der Waals surface area contributed by atoms with E-state index in [1.807, 2.05) is 6.92 Å². The number of hydrogen-bond acceptors (Lipinski definition) is 37. The number of β-amino-alcohol motifs (C(OH)–C–C–N with tert-alkyl or cyclic N) is 3. The summed E-state index contributed by atoms with van der Waals surface area (Å²) < 4.78 is 61.5. The summed E-state index contributed by atoms with van der Waals surface area (Å²) in [6.07, 6.45) is 12.5. The van der Waals surface area contributed by atoms with Gasteiger partial charge in [0.25, 0.3) is 0 Å². The van der Waals surface area contributed by atoms with Crippen LogP contribution in [0.5, 0.6) is 0 Å². The first kappa shape index (κ1) is 146. The maximum absolute atomic E-state index is 11.8. The maximum Gasteiger partial charge on any atom is 1.00 e. The molecular weight excluding hydrogens is 2020 g/mol. The number of rotatable bonds is 31. The minimum absolute atomic E-state index is 0. The standard InChI is InChI=1S/C13H21NO4.C12H20N2O4.C12H19NO4.C10H14BrNO4.C10H14N4O4.C10H15NO5.C9H13NO5.C5H9NO3.C4H5ClO2.C3H6O.CH4.Li.N3.Na.H2O/c1-4-6-10-8-11(12(15)17-3)14(9-10)13(16)18-7-5-2;1-4-6-18-12(16)14-8-9(13-5-2)7-10(14)11(15)17-3;1-3-5-9-7-10(11(14)15)13(8-9)12(16)17-6-4-2;1-3-4-16-10(14)12-6-7(11)5-8(12)9(13)15-2;1-3-4-18-10(16)14-6-7(12-13-11)5-8(14)9(15)17-2;1-3-4-16-10(14)11-6-7(12)5-8(11)9(13)15-2;1-2-3-15-9(14)10-5-6(11)4-7(10)8(12)13;7-3-1-4(5(8)9)6-2-3;1-2-3-7-4(5)6;1-3(2)4;;;1-3-2;;/h5,10-11H,2,4,6-9H2,1,3H3;4,9-10,13H,1,5-8H2,2-3H3;4,9-10H,2-3,5-8H2,1H3,(H,14,15);3,7-8H,1,4-6H2,2H3;3,7-8H,1,4-6H2,2H3;3,7-8,12H,1,4-6H2,2H3;2,6-7,11H,1,3-5H2,(H,12,13);3-4,6-7H,1-2H2,(H,8,9);2H,1,3H2;1-2H3;1H4;;;;1H2/q;;;;;;;;;;;+1;-1;+1;/p-1/t10-,11+;9?,10-;9-,10+;3*7?,8-;6-,7+;3-,4+;;;;;;;/m10100011......./s1. The van der Waals surface area contributed by atoms with Crippen LogP contribution in [0.4, 0.5) is 38.4 Å². The molecule has 8 heterocycles. The van der Waals surface area contributed by atoms with Crippen molar-refractivity contribution in [2.75, 3.05) is 147 Å². The van der Waals surface area contributed by atoms with Gasteiger partial charge in [-0.2, -0.15) is 0 Å². The molecule has 0 aromatic carbocycles. The third-order valence-electron chi connectivity index (χ3n) is 19.8. The summed E-state index contributed by atoms with van der Waals surface area (Å²) >= 11 is 8.12. The molecule has 0 aliphatic carbocycles. The second-order valence-electron chi connectivity index (χ2n) is 30.5. The second-order valence-corrected chi connectivity index (χ2v) is 32.1. The molecule has 8 rings (SSSR count). The number of ether oxygens (including phenoxy) is 13. The van der Waals surface area contributed by atoms with Crippen LogP contribution in [0, 0.1) is 11.8 Å². The molecule has 0 radical (unpaired) electrons. The number of alkyl halides is 1. The number of amides is 7. The largest absolute Gasteiger partial charge is 1.00 e. The number of likely N-dealkylation sites (N-methyl/N-ethyl adjacent to an activating group) is 1. The molecule has 52 nitrogen and oxygen atoms in total. The van der Waals surface area contributed by atoms with Gasteiger partial charge < -0.3 is 124 Å². The van der Waals surface area contributed by atoms with Crippen LogP contribution in [0.25, 0.3) is 26.4 Å². The topological polar surface area (TPSA) is 716 Å². The zero-order chi connectivity index (χ0) is 108. The van der Waals surface area contributed by atoms with Crippen LogP contribution < -0.4 is 59.1 Å². The van der Waals surface area contributed by atoms with Gasteiger partial charge in [0.2, 0.25) is 0 Å². The molecule has 0 saturated carbocycles. The molecule has 8 aliphatic rings. The molecule has 145 heavy (non-hydrogen) atoms. The van der Waals surface area contributed by atoms with Gasteiger partial charge in [0.05, 0.1) is 73.0 Å². The van der Waals surface area contributed by atoms with E-state index < -0.39 is 163 Å². The Morgan fingerprint density at radius 1 is 0.414 bits per heavy atom. The van der Waals surface area contributed by atoms with Gasteiger partial charge in [0.1, 0.15) is 107 Å².